The molecule has 2 aromatic rings. The van der Waals surface area contributed by atoms with Crippen molar-refractivity contribution in [1.82, 2.24) is 10.0 Å². The lowest BCUT2D eigenvalue weighted by Gasteiger charge is -2.09. The Morgan fingerprint density at radius 2 is 1.72 bits per heavy atom. The van der Waals surface area contributed by atoms with Gasteiger partial charge in [0.2, 0.25) is 15.9 Å². The van der Waals surface area contributed by atoms with Crippen molar-refractivity contribution in [1.29, 1.82) is 0 Å². The van der Waals surface area contributed by atoms with Crippen molar-refractivity contribution in [3.8, 4) is 0 Å². The molecule has 0 aliphatic carbocycles. The normalized spacial score (nSPS) is 11.2. The van der Waals surface area contributed by atoms with Gasteiger partial charge in [0.05, 0.1) is 4.90 Å². The zero-order valence-corrected chi connectivity index (χ0v) is 15.0. The predicted octanol–water partition coefficient (Wildman–Crippen LogP) is 1.60. The molecule has 4 N–H and O–H groups in total. The number of nitrogens with two attached hydrogens (primary N) is 1. The van der Waals surface area contributed by atoms with Gasteiger partial charge < -0.3 is 11.1 Å². The minimum atomic E-state index is -3.55. The van der Waals surface area contributed by atoms with Crippen molar-refractivity contribution in [3.05, 3.63) is 59.7 Å². The van der Waals surface area contributed by atoms with E-state index in [4.69, 9.17) is 5.73 Å². The van der Waals surface area contributed by atoms with Gasteiger partial charge in [0.1, 0.15) is 0 Å². The second-order valence-electron chi connectivity index (χ2n) is 5.76. The molecule has 25 heavy (non-hydrogen) atoms. The van der Waals surface area contributed by atoms with Crippen LogP contribution in [0.15, 0.2) is 53.4 Å². The molecule has 1 amide bonds. The van der Waals surface area contributed by atoms with Gasteiger partial charge in [-0.2, -0.15) is 0 Å². The van der Waals surface area contributed by atoms with E-state index in [0.29, 0.717) is 18.5 Å². The number of anilines is 1. The molecule has 0 atom stereocenters. The third-order valence-electron chi connectivity index (χ3n) is 3.75. The monoisotopic (exact) mass is 361 g/mol. The number of rotatable bonds is 8. The number of carbonyl (C=O) groups excluding carboxylic acids is 1. The molecule has 0 fully saturated rings. The minimum Gasteiger partial charge on any atom is -0.399 e. The van der Waals surface area contributed by atoms with Gasteiger partial charge in [-0.3, -0.25) is 4.79 Å². The van der Waals surface area contributed by atoms with E-state index in [2.05, 4.69) is 10.0 Å². The number of hydrogen-bond acceptors (Lipinski definition) is 4. The van der Waals surface area contributed by atoms with Gasteiger partial charge in [0.25, 0.3) is 0 Å². The molecule has 7 heteroatoms. The lowest BCUT2D eigenvalue weighted by Crippen LogP contribution is -2.34. The van der Waals surface area contributed by atoms with Gasteiger partial charge in [0, 0.05) is 25.2 Å². The summed E-state index contributed by atoms with van der Waals surface area (Å²) >= 11 is 0. The Bertz CT molecular complexity index is 818. The van der Waals surface area contributed by atoms with Crippen LogP contribution in [-0.2, 0) is 21.2 Å². The summed E-state index contributed by atoms with van der Waals surface area (Å²) in [6, 6.07) is 14.0. The second kappa shape index (κ2) is 8.64. The summed E-state index contributed by atoms with van der Waals surface area (Å²) in [5.74, 6) is -0.141. The van der Waals surface area contributed by atoms with Gasteiger partial charge in [0.15, 0.2) is 0 Å². The largest absolute Gasteiger partial charge is 0.399 e. The van der Waals surface area contributed by atoms with E-state index in [1.807, 2.05) is 25.1 Å². The van der Waals surface area contributed by atoms with E-state index < -0.39 is 10.0 Å². The van der Waals surface area contributed by atoms with Crippen LogP contribution in [0.25, 0.3) is 0 Å². The first-order valence-corrected chi connectivity index (χ1v) is 9.53. The summed E-state index contributed by atoms with van der Waals surface area (Å²) < 4.78 is 26.7. The van der Waals surface area contributed by atoms with Crippen LogP contribution in [0.5, 0.6) is 0 Å². The first-order chi connectivity index (χ1) is 11.9. The summed E-state index contributed by atoms with van der Waals surface area (Å²) in [5, 5.41) is 2.70. The quantitative estimate of drug-likeness (QED) is 0.491. The number of amides is 1. The van der Waals surface area contributed by atoms with Gasteiger partial charge in [-0.25, -0.2) is 13.1 Å². The lowest BCUT2D eigenvalue weighted by molar-refractivity contribution is -0.121. The first-order valence-electron chi connectivity index (χ1n) is 8.05. The Hall–Kier alpha value is -2.38. The molecule has 0 bridgehead atoms. The van der Waals surface area contributed by atoms with Crippen LogP contribution in [0.1, 0.15) is 17.5 Å². The molecule has 0 heterocycles. The van der Waals surface area contributed by atoms with Crippen LogP contribution < -0.4 is 15.8 Å². The molecule has 0 saturated heterocycles. The number of hydrogen-bond donors (Lipinski definition) is 3. The summed E-state index contributed by atoms with van der Waals surface area (Å²) in [4.78, 5) is 12.0. The molecule has 0 saturated carbocycles. The van der Waals surface area contributed by atoms with Crippen LogP contribution >= 0.6 is 0 Å². The fraction of sp³-hybridized carbons (Fsp3) is 0.278. The molecule has 2 aromatic carbocycles. The maximum absolute atomic E-state index is 12.1. The number of aryl methyl sites for hydroxylation is 2. The number of carbonyl (C=O) groups is 1. The average molecular weight is 361 g/mol. The summed E-state index contributed by atoms with van der Waals surface area (Å²) in [7, 11) is -3.55. The molecular weight excluding hydrogens is 338 g/mol. The number of benzene rings is 2. The Morgan fingerprint density at radius 1 is 1.04 bits per heavy atom. The van der Waals surface area contributed by atoms with Crippen molar-refractivity contribution < 1.29 is 13.2 Å². The summed E-state index contributed by atoms with van der Waals surface area (Å²) in [6.07, 6.45) is 0.854. The molecule has 0 unspecified atom stereocenters. The highest BCUT2D eigenvalue weighted by atomic mass is 32.2. The number of nitrogens with one attached hydrogen (secondary N) is 2. The molecule has 0 radical (unpaired) electrons. The minimum absolute atomic E-state index is 0.134. The third-order valence-corrected chi connectivity index (χ3v) is 5.22. The highest BCUT2D eigenvalue weighted by Crippen LogP contribution is 2.12. The van der Waals surface area contributed by atoms with E-state index in [1.165, 1.54) is 0 Å². The van der Waals surface area contributed by atoms with Gasteiger partial charge in [-0.05, 0) is 37.1 Å². The zero-order valence-electron chi connectivity index (χ0n) is 14.2. The summed E-state index contributed by atoms with van der Waals surface area (Å²) in [6.45, 7) is 2.26. The van der Waals surface area contributed by atoms with Crippen molar-refractivity contribution >= 4 is 21.6 Å². The van der Waals surface area contributed by atoms with Gasteiger partial charge in [-0.15, -0.1) is 0 Å². The van der Waals surface area contributed by atoms with E-state index in [0.717, 1.165) is 11.1 Å². The van der Waals surface area contributed by atoms with Crippen molar-refractivity contribution in [2.45, 2.75) is 24.7 Å². The molecular formula is C18H23N3O3S. The van der Waals surface area contributed by atoms with Crippen molar-refractivity contribution in [2.75, 3.05) is 18.8 Å². The molecule has 0 aliphatic rings. The Kier molecular flexibility index (Phi) is 6.55. The number of nitrogen functional groups attached to an aromatic ring is 1. The predicted molar refractivity (Wildman–Crippen MR) is 98.6 cm³/mol. The van der Waals surface area contributed by atoms with Gasteiger partial charge >= 0.3 is 0 Å². The molecule has 134 valence electrons. The molecule has 2 rings (SSSR count). The number of sulfonamides is 1. The van der Waals surface area contributed by atoms with E-state index >= 15 is 0 Å². The third kappa shape index (κ3) is 5.88. The van der Waals surface area contributed by atoms with Gasteiger partial charge in [-0.1, -0.05) is 35.9 Å². The fourth-order valence-electron chi connectivity index (χ4n) is 2.29. The van der Waals surface area contributed by atoms with Crippen LogP contribution in [0, 0.1) is 6.92 Å². The Labute approximate surface area is 148 Å². The molecule has 0 spiro atoms. The summed E-state index contributed by atoms with van der Waals surface area (Å²) in [5.41, 5.74) is 8.42. The highest BCUT2D eigenvalue weighted by molar-refractivity contribution is 7.89. The van der Waals surface area contributed by atoms with Crippen molar-refractivity contribution in [3.63, 3.8) is 0 Å². The lowest BCUT2D eigenvalue weighted by atomic mass is 10.1. The topological polar surface area (TPSA) is 101 Å². The van der Waals surface area contributed by atoms with E-state index in [1.54, 1.807) is 30.3 Å². The van der Waals surface area contributed by atoms with Crippen LogP contribution in [-0.4, -0.2) is 27.4 Å². The molecule has 0 aromatic heterocycles. The standard InChI is InChI=1S/C18H23N3O3S/c1-14-6-9-16(10-7-14)25(23,24)21-13-12-20-18(22)11-8-15-4-2-3-5-17(15)19/h2-7,9-10,21H,8,11-13,19H2,1H3,(H,20,22). The van der Waals surface area contributed by atoms with E-state index in [-0.39, 0.29) is 23.9 Å². The fourth-order valence-corrected chi connectivity index (χ4v) is 3.32. The molecule has 6 nitrogen and oxygen atoms in total. The van der Waals surface area contributed by atoms with E-state index in [9.17, 15) is 13.2 Å². The number of para-hydroxylation sites is 1. The molecule has 0 aliphatic heterocycles. The van der Waals surface area contributed by atoms with Crippen LogP contribution in [0.2, 0.25) is 0 Å². The zero-order chi connectivity index (χ0) is 18.3. The SMILES string of the molecule is Cc1ccc(S(=O)(=O)NCCNC(=O)CCc2ccccc2N)cc1. The average Bonchev–Trinajstić information content (AvgIpc) is 2.58. The Morgan fingerprint density at radius 3 is 2.40 bits per heavy atom. The first kappa shape index (κ1) is 19.0. The van der Waals surface area contributed by atoms with Crippen LogP contribution in [0.4, 0.5) is 5.69 Å². The second-order valence-corrected chi connectivity index (χ2v) is 7.53. The maximum Gasteiger partial charge on any atom is 0.240 e. The Balaban J connectivity index is 1.72. The highest BCUT2D eigenvalue weighted by Gasteiger charge is 2.12. The smallest absolute Gasteiger partial charge is 0.240 e. The van der Waals surface area contributed by atoms with Crippen molar-refractivity contribution in [2.24, 2.45) is 0 Å². The van der Waals surface area contributed by atoms with Crippen LogP contribution in [0.3, 0.4) is 0 Å². The maximum atomic E-state index is 12.1.